The van der Waals surface area contributed by atoms with Gasteiger partial charge in [-0.25, -0.2) is 0 Å². The zero-order chi connectivity index (χ0) is 15.5. The number of benzene rings is 2. The van der Waals surface area contributed by atoms with Crippen LogP contribution < -0.4 is 5.32 Å². The van der Waals surface area contributed by atoms with Gasteiger partial charge in [0.05, 0.1) is 5.02 Å². The maximum absolute atomic E-state index is 6.28. The van der Waals surface area contributed by atoms with Gasteiger partial charge in [-0.2, -0.15) is 0 Å². The number of pyridine rings is 1. The van der Waals surface area contributed by atoms with Crippen LogP contribution in [0.5, 0.6) is 0 Å². The molecule has 2 nitrogen and oxygen atoms in total. The van der Waals surface area contributed by atoms with Crippen molar-refractivity contribution in [2.24, 2.45) is 0 Å². The van der Waals surface area contributed by atoms with Crippen molar-refractivity contribution in [3.8, 4) is 0 Å². The number of fused-ring (bicyclic) bond motifs is 1. The highest BCUT2D eigenvalue weighted by Gasteiger charge is 2.06. The third-order valence-electron chi connectivity index (χ3n) is 3.71. The van der Waals surface area contributed by atoms with Gasteiger partial charge in [-0.05, 0) is 42.5 Å². The van der Waals surface area contributed by atoms with Crippen molar-refractivity contribution < 1.29 is 0 Å². The normalized spacial score (nSPS) is 10.9. The molecule has 1 N–H and O–H groups in total. The maximum Gasteiger partial charge on any atom is 0.0545 e. The molecule has 0 fully saturated rings. The largest absolute Gasteiger partial charge is 0.380 e. The summed E-state index contributed by atoms with van der Waals surface area (Å²) in [5.74, 6) is 0. The number of hydrogen-bond acceptors (Lipinski definition) is 3. The van der Waals surface area contributed by atoms with Crippen LogP contribution in [0.1, 0.15) is 11.1 Å². The highest BCUT2D eigenvalue weighted by molar-refractivity contribution is 7.98. The molecule has 3 aromatic rings. The van der Waals surface area contributed by atoms with Gasteiger partial charge < -0.3 is 5.32 Å². The van der Waals surface area contributed by atoms with E-state index in [0.29, 0.717) is 0 Å². The number of nitrogens with one attached hydrogen (secondary N) is 1. The topological polar surface area (TPSA) is 24.9 Å². The van der Waals surface area contributed by atoms with Crippen LogP contribution in [0.4, 0.5) is 5.69 Å². The van der Waals surface area contributed by atoms with Crippen LogP contribution >= 0.6 is 23.4 Å². The first-order valence-corrected chi connectivity index (χ1v) is 8.69. The standard InChI is InChI=1S/C18H17ClN2S/c1-12-3-5-14-11-20-8-7-15(14)18(12)21-10-13-4-6-17(22-2)16(19)9-13/h3-9,11,21H,10H2,1-2H3. The number of rotatable bonds is 4. The Morgan fingerprint density at radius 1 is 1.18 bits per heavy atom. The summed E-state index contributed by atoms with van der Waals surface area (Å²) < 4.78 is 0. The fraction of sp³-hybridized carbons (Fsp3) is 0.167. The lowest BCUT2D eigenvalue weighted by atomic mass is 10.1. The second-order valence-corrected chi connectivity index (χ2v) is 6.43. The van der Waals surface area contributed by atoms with E-state index in [9.17, 15) is 0 Å². The van der Waals surface area contributed by atoms with Gasteiger partial charge in [-0.1, -0.05) is 29.8 Å². The summed E-state index contributed by atoms with van der Waals surface area (Å²) >= 11 is 7.94. The predicted octanol–water partition coefficient (Wildman–Crippen LogP) is 5.53. The third-order valence-corrected chi connectivity index (χ3v) is 4.93. The lowest BCUT2D eigenvalue weighted by Gasteiger charge is -2.13. The number of aromatic nitrogens is 1. The van der Waals surface area contributed by atoms with Crippen LogP contribution in [0.25, 0.3) is 10.8 Å². The molecular formula is C18H17ClN2S. The van der Waals surface area contributed by atoms with Crippen LogP contribution in [0.2, 0.25) is 5.02 Å². The molecule has 4 heteroatoms. The Morgan fingerprint density at radius 2 is 2.05 bits per heavy atom. The van der Waals surface area contributed by atoms with Crippen LogP contribution in [0.3, 0.4) is 0 Å². The van der Waals surface area contributed by atoms with Crippen molar-refractivity contribution in [2.75, 3.05) is 11.6 Å². The lowest BCUT2D eigenvalue weighted by molar-refractivity contribution is 1.14. The van der Waals surface area contributed by atoms with Gasteiger partial charge in [0.25, 0.3) is 0 Å². The summed E-state index contributed by atoms with van der Waals surface area (Å²) in [6, 6.07) is 12.5. The lowest BCUT2D eigenvalue weighted by Crippen LogP contribution is -2.02. The molecule has 0 atom stereocenters. The molecule has 0 radical (unpaired) electrons. The van der Waals surface area contributed by atoms with Crippen LogP contribution in [0, 0.1) is 6.92 Å². The van der Waals surface area contributed by atoms with E-state index in [2.05, 4.69) is 47.6 Å². The Labute approximate surface area is 139 Å². The average Bonchev–Trinajstić information content (AvgIpc) is 2.54. The monoisotopic (exact) mass is 328 g/mol. The first kappa shape index (κ1) is 15.2. The number of aryl methyl sites for hydroxylation is 1. The van der Waals surface area contributed by atoms with E-state index in [4.69, 9.17) is 11.6 Å². The summed E-state index contributed by atoms with van der Waals surface area (Å²) in [4.78, 5) is 5.29. The molecule has 0 unspecified atom stereocenters. The molecule has 1 heterocycles. The van der Waals surface area contributed by atoms with Gasteiger partial charge in [0.2, 0.25) is 0 Å². The van der Waals surface area contributed by atoms with E-state index in [1.807, 2.05) is 24.7 Å². The number of hydrogen-bond donors (Lipinski definition) is 1. The van der Waals surface area contributed by atoms with Gasteiger partial charge >= 0.3 is 0 Å². The van der Waals surface area contributed by atoms with Gasteiger partial charge in [0, 0.05) is 40.3 Å². The molecule has 0 aliphatic rings. The first-order chi connectivity index (χ1) is 10.7. The second kappa shape index (κ2) is 6.59. The van der Waals surface area contributed by atoms with E-state index in [1.54, 1.807) is 11.8 Å². The Kier molecular flexibility index (Phi) is 4.55. The molecule has 3 rings (SSSR count). The van der Waals surface area contributed by atoms with Crippen molar-refractivity contribution in [3.63, 3.8) is 0 Å². The molecule has 2 aromatic carbocycles. The SMILES string of the molecule is CSc1ccc(CNc2c(C)ccc3cnccc23)cc1Cl. The molecule has 0 bridgehead atoms. The van der Waals surface area contributed by atoms with Gasteiger partial charge in [0.1, 0.15) is 0 Å². The zero-order valence-corrected chi connectivity index (χ0v) is 14.1. The third kappa shape index (κ3) is 3.06. The molecule has 112 valence electrons. The maximum atomic E-state index is 6.28. The molecule has 0 saturated carbocycles. The molecule has 22 heavy (non-hydrogen) atoms. The first-order valence-electron chi connectivity index (χ1n) is 7.08. The Bertz CT molecular complexity index is 817. The van der Waals surface area contributed by atoms with E-state index >= 15 is 0 Å². The highest BCUT2D eigenvalue weighted by Crippen LogP contribution is 2.29. The van der Waals surface area contributed by atoms with Crippen LogP contribution in [0.15, 0.2) is 53.7 Å². The fourth-order valence-electron chi connectivity index (χ4n) is 2.52. The van der Waals surface area contributed by atoms with Crippen molar-refractivity contribution in [2.45, 2.75) is 18.4 Å². The minimum absolute atomic E-state index is 0.747. The Morgan fingerprint density at radius 3 is 2.82 bits per heavy atom. The number of nitrogens with zero attached hydrogens (tertiary/aromatic N) is 1. The minimum Gasteiger partial charge on any atom is -0.380 e. The number of halogens is 1. The summed E-state index contributed by atoms with van der Waals surface area (Å²) in [7, 11) is 0. The van der Waals surface area contributed by atoms with Crippen molar-refractivity contribution in [3.05, 3.63) is 64.9 Å². The van der Waals surface area contributed by atoms with Crippen molar-refractivity contribution in [1.29, 1.82) is 0 Å². The molecule has 0 aliphatic carbocycles. The van der Waals surface area contributed by atoms with E-state index in [1.165, 1.54) is 16.5 Å². The fourth-order valence-corrected chi connectivity index (χ4v) is 3.42. The molecule has 0 amide bonds. The smallest absolute Gasteiger partial charge is 0.0545 e. The zero-order valence-electron chi connectivity index (χ0n) is 12.6. The van der Waals surface area contributed by atoms with Gasteiger partial charge in [-0.15, -0.1) is 11.8 Å². The van der Waals surface area contributed by atoms with Gasteiger partial charge in [0.15, 0.2) is 0 Å². The Balaban J connectivity index is 1.88. The van der Waals surface area contributed by atoms with Crippen LogP contribution in [-0.2, 0) is 6.54 Å². The van der Waals surface area contributed by atoms with Gasteiger partial charge in [-0.3, -0.25) is 4.98 Å². The molecular weight excluding hydrogens is 312 g/mol. The second-order valence-electron chi connectivity index (χ2n) is 5.18. The minimum atomic E-state index is 0.747. The number of thioether (sulfide) groups is 1. The summed E-state index contributed by atoms with van der Waals surface area (Å²) in [6.45, 7) is 2.86. The molecule has 1 aromatic heterocycles. The average molecular weight is 329 g/mol. The van der Waals surface area contributed by atoms with Crippen LogP contribution in [-0.4, -0.2) is 11.2 Å². The molecule has 0 saturated heterocycles. The molecule has 0 aliphatic heterocycles. The van der Waals surface area contributed by atoms with E-state index in [0.717, 1.165) is 27.5 Å². The van der Waals surface area contributed by atoms with E-state index < -0.39 is 0 Å². The summed E-state index contributed by atoms with van der Waals surface area (Å²) in [5.41, 5.74) is 3.56. The summed E-state index contributed by atoms with van der Waals surface area (Å²) in [6.07, 6.45) is 5.76. The molecule has 0 spiro atoms. The van der Waals surface area contributed by atoms with Crippen molar-refractivity contribution >= 4 is 39.8 Å². The van der Waals surface area contributed by atoms with E-state index in [-0.39, 0.29) is 0 Å². The predicted molar refractivity (Wildman–Crippen MR) is 97.0 cm³/mol. The number of anilines is 1. The highest BCUT2D eigenvalue weighted by atomic mass is 35.5. The quantitative estimate of drug-likeness (QED) is 0.637. The Hall–Kier alpha value is -1.71. The van der Waals surface area contributed by atoms with Crippen molar-refractivity contribution in [1.82, 2.24) is 4.98 Å². The summed E-state index contributed by atoms with van der Waals surface area (Å²) in [5, 5.41) is 6.70.